The minimum atomic E-state index is -0.366. The second-order valence-electron chi connectivity index (χ2n) is 6.64. The van der Waals surface area contributed by atoms with E-state index in [-0.39, 0.29) is 16.9 Å². The Hall–Kier alpha value is -0.640. The van der Waals surface area contributed by atoms with Gasteiger partial charge in [-0.05, 0) is 67.6 Å². The van der Waals surface area contributed by atoms with Crippen molar-refractivity contribution in [3.63, 3.8) is 0 Å². The molecule has 0 radical (unpaired) electrons. The Morgan fingerprint density at radius 1 is 1.24 bits per heavy atom. The van der Waals surface area contributed by atoms with E-state index >= 15 is 0 Å². The predicted octanol–water partition coefficient (Wildman–Crippen LogP) is 4.32. The fourth-order valence-electron chi connectivity index (χ4n) is 3.50. The van der Waals surface area contributed by atoms with E-state index in [2.05, 4.69) is 19.3 Å². The summed E-state index contributed by atoms with van der Waals surface area (Å²) in [7, 11) is 0. The second-order valence-corrected chi connectivity index (χ2v) is 7.05. The molecule has 0 amide bonds. The Morgan fingerprint density at radius 2 is 1.86 bits per heavy atom. The van der Waals surface area contributed by atoms with E-state index in [0.717, 1.165) is 23.8 Å². The molecule has 2 nitrogen and oxygen atoms in total. The molecule has 1 aromatic rings. The number of benzene rings is 1. The quantitative estimate of drug-likeness (QED) is 0.628. The normalized spacial score (nSPS) is 24.3. The van der Waals surface area contributed by atoms with Crippen LogP contribution in [0.5, 0.6) is 0 Å². The highest BCUT2D eigenvalue weighted by molar-refractivity contribution is 6.30. The van der Waals surface area contributed by atoms with E-state index in [1.54, 1.807) is 12.1 Å². The molecule has 0 saturated heterocycles. The van der Waals surface area contributed by atoms with E-state index < -0.39 is 0 Å². The van der Waals surface area contributed by atoms with Crippen LogP contribution in [0.1, 0.15) is 45.1 Å². The van der Waals surface area contributed by atoms with Gasteiger partial charge in [-0.2, -0.15) is 0 Å². The third-order valence-corrected chi connectivity index (χ3v) is 5.27. The van der Waals surface area contributed by atoms with Crippen molar-refractivity contribution in [2.24, 2.45) is 23.6 Å². The van der Waals surface area contributed by atoms with Gasteiger partial charge < -0.3 is 0 Å². The van der Waals surface area contributed by atoms with Gasteiger partial charge in [-0.15, -0.1) is 0 Å². The molecule has 21 heavy (non-hydrogen) atoms. The van der Waals surface area contributed by atoms with Gasteiger partial charge in [-0.25, -0.2) is 4.39 Å². The van der Waals surface area contributed by atoms with Crippen molar-refractivity contribution in [3.8, 4) is 0 Å². The number of rotatable bonds is 5. The van der Waals surface area contributed by atoms with Crippen LogP contribution in [0.3, 0.4) is 0 Å². The highest BCUT2D eigenvalue weighted by Crippen LogP contribution is 2.35. The van der Waals surface area contributed by atoms with Crippen LogP contribution in [0, 0.1) is 23.6 Å². The topological polar surface area (TPSA) is 38.0 Å². The first-order chi connectivity index (χ1) is 10.0. The van der Waals surface area contributed by atoms with E-state index in [9.17, 15) is 4.39 Å². The summed E-state index contributed by atoms with van der Waals surface area (Å²) in [6.07, 6.45) is 5.79. The maximum atomic E-state index is 13.2. The molecular formula is C17H26ClFN2. The first kappa shape index (κ1) is 16.7. The van der Waals surface area contributed by atoms with Gasteiger partial charge in [0, 0.05) is 6.04 Å². The molecule has 118 valence electrons. The second kappa shape index (κ2) is 7.57. The Labute approximate surface area is 132 Å². The molecule has 4 heteroatoms. The van der Waals surface area contributed by atoms with Crippen LogP contribution in [0.2, 0.25) is 5.02 Å². The van der Waals surface area contributed by atoms with Crippen molar-refractivity contribution in [1.29, 1.82) is 0 Å². The molecule has 1 aliphatic rings. The Morgan fingerprint density at radius 3 is 2.38 bits per heavy atom. The molecule has 1 fully saturated rings. The van der Waals surface area contributed by atoms with Crippen molar-refractivity contribution < 1.29 is 4.39 Å². The van der Waals surface area contributed by atoms with Crippen LogP contribution in [0.15, 0.2) is 18.2 Å². The molecule has 2 rings (SSSR count). The van der Waals surface area contributed by atoms with Crippen molar-refractivity contribution in [2.45, 2.75) is 52.0 Å². The van der Waals surface area contributed by atoms with Crippen LogP contribution >= 0.6 is 11.6 Å². The molecule has 0 heterocycles. The molecular weight excluding hydrogens is 287 g/mol. The van der Waals surface area contributed by atoms with Gasteiger partial charge in [0.2, 0.25) is 0 Å². The monoisotopic (exact) mass is 312 g/mol. The van der Waals surface area contributed by atoms with Gasteiger partial charge in [0.25, 0.3) is 0 Å². The number of halogens is 2. The minimum absolute atomic E-state index is 0.187. The molecule has 1 unspecified atom stereocenters. The Kier molecular flexibility index (Phi) is 6.03. The third-order valence-electron chi connectivity index (χ3n) is 4.98. The summed E-state index contributed by atoms with van der Waals surface area (Å²) in [4.78, 5) is 0. The van der Waals surface area contributed by atoms with Crippen molar-refractivity contribution >= 4 is 11.6 Å². The molecule has 1 saturated carbocycles. The third kappa shape index (κ3) is 4.41. The van der Waals surface area contributed by atoms with Gasteiger partial charge in [0.15, 0.2) is 0 Å². The van der Waals surface area contributed by atoms with Crippen LogP contribution in [0.4, 0.5) is 4.39 Å². The van der Waals surface area contributed by atoms with Gasteiger partial charge in [0.1, 0.15) is 5.82 Å². The zero-order valence-corrected chi connectivity index (χ0v) is 13.7. The standard InChI is InChI=1S/C17H26ClFN2/c1-11(2)13-4-6-14(7-5-13)17(21-20)10-12-3-8-16(19)15(18)9-12/h3,8-9,11,13-14,17,21H,4-7,10,20H2,1-2H3. The number of nitrogens with one attached hydrogen (secondary N) is 1. The molecule has 1 atom stereocenters. The number of hydrogen-bond donors (Lipinski definition) is 2. The van der Waals surface area contributed by atoms with Crippen molar-refractivity contribution in [1.82, 2.24) is 5.43 Å². The highest BCUT2D eigenvalue weighted by Gasteiger charge is 2.28. The number of hydrogen-bond acceptors (Lipinski definition) is 2. The molecule has 1 aromatic carbocycles. The zero-order chi connectivity index (χ0) is 15.4. The van der Waals surface area contributed by atoms with E-state index in [1.807, 2.05) is 0 Å². The lowest BCUT2D eigenvalue weighted by Crippen LogP contribution is -2.44. The molecule has 0 aliphatic heterocycles. The van der Waals surface area contributed by atoms with E-state index in [4.69, 9.17) is 17.4 Å². The molecule has 0 bridgehead atoms. The minimum Gasteiger partial charge on any atom is -0.271 e. The summed E-state index contributed by atoms with van der Waals surface area (Å²) < 4.78 is 13.2. The average Bonchev–Trinajstić information content (AvgIpc) is 2.48. The van der Waals surface area contributed by atoms with E-state index in [0.29, 0.717) is 5.92 Å². The van der Waals surface area contributed by atoms with Gasteiger partial charge in [-0.1, -0.05) is 31.5 Å². The average molecular weight is 313 g/mol. The maximum absolute atomic E-state index is 13.2. The molecule has 3 N–H and O–H groups in total. The van der Waals surface area contributed by atoms with Gasteiger partial charge in [-0.3, -0.25) is 11.3 Å². The van der Waals surface area contributed by atoms with Crippen LogP contribution in [-0.2, 0) is 6.42 Å². The Bertz CT molecular complexity index is 456. The number of nitrogens with two attached hydrogens (primary N) is 1. The van der Waals surface area contributed by atoms with Gasteiger partial charge in [0.05, 0.1) is 5.02 Å². The van der Waals surface area contributed by atoms with Crippen LogP contribution in [0.25, 0.3) is 0 Å². The fraction of sp³-hybridized carbons (Fsp3) is 0.647. The smallest absolute Gasteiger partial charge is 0.141 e. The van der Waals surface area contributed by atoms with Crippen molar-refractivity contribution in [3.05, 3.63) is 34.6 Å². The highest BCUT2D eigenvalue weighted by atomic mass is 35.5. The molecule has 0 spiro atoms. The predicted molar refractivity (Wildman–Crippen MR) is 86.5 cm³/mol. The SMILES string of the molecule is CC(C)C1CCC(C(Cc2ccc(F)c(Cl)c2)NN)CC1. The summed E-state index contributed by atoms with van der Waals surface area (Å²) in [5.74, 6) is 7.60. The number of hydrazine groups is 1. The fourth-order valence-corrected chi connectivity index (χ4v) is 3.70. The zero-order valence-electron chi connectivity index (χ0n) is 12.9. The lowest BCUT2D eigenvalue weighted by atomic mass is 9.74. The Balaban J connectivity index is 1.95. The first-order valence-corrected chi connectivity index (χ1v) is 8.29. The molecule has 1 aliphatic carbocycles. The summed E-state index contributed by atoms with van der Waals surface area (Å²) in [6.45, 7) is 4.62. The summed E-state index contributed by atoms with van der Waals surface area (Å²) in [5.41, 5.74) is 4.00. The lowest BCUT2D eigenvalue weighted by Gasteiger charge is -2.35. The van der Waals surface area contributed by atoms with Crippen LogP contribution < -0.4 is 11.3 Å². The summed E-state index contributed by atoms with van der Waals surface area (Å²) in [5, 5.41) is 0.187. The first-order valence-electron chi connectivity index (χ1n) is 7.91. The maximum Gasteiger partial charge on any atom is 0.141 e. The van der Waals surface area contributed by atoms with Crippen molar-refractivity contribution in [2.75, 3.05) is 0 Å². The van der Waals surface area contributed by atoms with E-state index in [1.165, 1.54) is 31.7 Å². The molecule has 0 aromatic heterocycles. The lowest BCUT2D eigenvalue weighted by molar-refractivity contribution is 0.188. The van der Waals surface area contributed by atoms with Crippen LogP contribution in [-0.4, -0.2) is 6.04 Å². The largest absolute Gasteiger partial charge is 0.271 e. The summed E-state index contributed by atoms with van der Waals surface area (Å²) in [6, 6.07) is 5.17. The summed E-state index contributed by atoms with van der Waals surface area (Å²) >= 11 is 5.85. The van der Waals surface area contributed by atoms with Gasteiger partial charge >= 0.3 is 0 Å².